The lowest BCUT2D eigenvalue weighted by Crippen LogP contribution is -2.75. The normalized spacial score (nSPS) is 23.0. The van der Waals surface area contributed by atoms with Crippen LogP contribution in [0.2, 0.25) is 0 Å². The number of likely N-dealkylation sites (tertiary alicyclic amines) is 1. The summed E-state index contributed by atoms with van der Waals surface area (Å²) in [5.41, 5.74) is -1.30. The Kier molecular flexibility index (Phi) is 4.92. The number of hydrogen-bond donors (Lipinski definition) is 2. The van der Waals surface area contributed by atoms with Gasteiger partial charge in [-0.25, -0.2) is 4.79 Å². The second kappa shape index (κ2) is 6.28. The number of nitrogens with zero attached hydrogens (tertiary/aromatic N) is 1. The summed E-state index contributed by atoms with van der Waals surface area (Å²) in [5.74, 6) is -0.864. The molecule has 132 valence electrons. The van der Waals surface area contributed by atoms with Crippen molar-refractivity contribution in [1.29, 1.82) is 0 Å². The third-order valence-electron chi connectivity index (χ3n) is 4.29. The minimum Gasteiger partial charge on any atom is -0.481 e. The zero-order chi connectivity index (χ0) is 17.3. The minimum absolute atomic E-state index is 0.0112. The first-order valence-corrected chi connectivity index (χ1v) is 8.09. The van der Waals surface area contributed by atoms with Crippen molar-refractivity contribution in [3.8, 4) is 0 Å². The van der Waals surface area contributed by atoms with Crippen molar-refractivity contribution in [2.75, 3.05) is 26.3 Å². The molecular formula is C16H28N2O5. The molecule has 0 atom stereocenters. The SMILES string of the molecule is CC1(NC2(CC(=O)O)CN(C(=O)OC(C)(C)C)C2)CCOCC1. The van der Waals surface area contributed by atoms with Crippen LogP contribution in [0.5, 0.6) is 0 Å². The molecule has 2 fully saturated rings. The van der Waals surface area contributed by atoms with Crippen molar-refractivity contribution in [2.45, 2.75) is 63.6 Å². The Morgan fingerprint density at radius 3 is 2.30 bits per heavy atom. The fourth-order valence-corrected chi connectivity index (χ4v) is 3.25. The van der Waals surface area contributed by atoms with E-state index >= 15 is 0 Å². The van der Waals surface area contributed by atoms with E-state index in [0.29, 0.717) is 26.3 Å². The molecule has 1 amide bonds. The molecule has 0 aromatic carbocycles. The van der Waals surface area contributed by atoms with Crippen molar-refractivity contribution < 1.29 is 24.2 Å². The van der Waals surface area contributed by atoms with Gasteiger partial charge in [-0.2, -0.15) is 0 Å². The highest BCUT2D eigenvalue weighted by molar-refractivity contribution is 5.73. The van der Waals surface area contributed by atoms with Gasteiger partial charge in [0.2, 0.25) is 0 Å². The fourth-order valence-electron chi connectivity index (χ4n) is 3.25. The van der Waals surface area contributed by atoms with E-state index in [9.17, 15) is 14.7 Å². The average Bonchev–Trinajstić information content (AvgIpc) is 2.32. The zero-order valence-corrected chi connectivity index (χ0v) is 14.5. The van der Waals surface area contributed by atoms with E-state index in [1.165, 1.54) is 0 Å². The number of amides is 1. The number of carbonyl (C=O) groups excluding carboxylic acids is 1. The highest BCUT2D eigenvalue weighted by Crippen LogP contribution is 2.32. The largest absolute Gasteiger partial charge is 0.481 e. The fraction of sp³-hybridized carbons (Fsp3) is 0.875. The molecule has 0 aromatic rings. The summed E-state index contributed by atoms with van der Waals surface area (Å²) in [4.78, 5) is 24.9. The molecule has 2 saturated heterocycles. The second-order valence-corrected chi connectivity index (χ2v) is 7.99. The Morgan fingerprint density at radius 1 is 1.26 bits per heavy atom. The molecule has 2 aliphatic rings. The van der Waals surface area contributed by atoms with Crippen LogP contribution in [0.3, 0.4) is 0 Å². The van der Waals surface area contributed by atoms with Crippen LogP contribution in [0.15, 0.2) is 0 Å². The van der Waals surface area contributed by atoms with Gasteiger partial charge >= 0.3 is 12.1 Å². The number of rotatable bonds is 4. The molecule has 0 aliphatic carbocycles. The summed E-state index contributed by atoms with van der Waals surface area (Å²) in [7, 11) is 0. The highest BCUT2D eigenvalue weighted by Gasteiger charge is 2.50. The Labute approximate surface area is 137 Å². The van der Waals surface area contributed by atoms with Gasteiger partial charge in [0.05, 0.1) is 12.0 Å². The standard InChI is InChI=1S/C16H28N2O5/c1-14(2,3)23-13(21)18-10-16(11-18,9-12(19)20)17-15(4)5-7-22-8-6-15/h17H,5-11H2,1-4H3,(H,19,20). The number of carboxylic acid groups (broad SMARTS) is 1. The van der Waals surface area contributed by atoms with Crippen LogP contribution in [-0.4, -0.2) is 65.1 Å². The molecule has 23 heavy (non-hydrogen) atoms. The number of aliphatic carboxylic acids is 1. The summed E-state index contributed by atoms with van der Waals surface area (Å²) in [6.07, 6.45) is 1.27. The molecule has 0 aromatic heterocycles. The molecular weight excluding hydrogens is 300 g/mol. The Morgan fingerprint density at radius 2 is 1.83 bits per heavy atom. The maximum absolute atomic E-state index is 12.1. The molecule has 2 N–H and O–H groups in total. The van der Waals surface area contributed by atoms with Gasteiger partial charge in [0.25, 0.3) is 0 Å². The van der Waals surface area contributed by atoms with Crippen LogP contribution < -0.4 is 5.32 Å². The van der Waals surface area contributed by atoms with Crippen LogP contribution >= 0.6 is 0 Å². The van der Waals surface area contributed by atoms with Crippen LogP contribution in [0.4, 0.5) is 4.79 Å². The summed E-state index contributed by atoms with van der Waals surface area (Å²) in [5, 5.41) is 12.8. The lowest BCUT2D eigenvalue weighted by atomic mass is 9.81. The van der Waals surface area contributed by atoms with Crippen LogP contribution in [0.1, 0.15) is 47.0 Å². The van der Waals surface area contributed by atoms with E-state index in [0.717, 1.165) is 12.8 Å². The predicted octanol–water partition coefficient (Wildman–Crippen LogP) is 1.61. The summed E-state index contributed by atoms with van der Waals surface area (Å²) in [6, 6.07) is 0. The zero-order valence-electron chi connectivity index (χ0n) is 14.5. The molecule has 2 heterocycles. The lowest BCUT2D eigenvalue weighted by molar-refractivity contribution is -0.141. The van der Waals surface area contributed by atoms with Gasteiger partial charge in [-0.1, -0.05) is 0 Å². The molecule has 2 rings (SSSR count). The molecule has 0 radical (unpaired) electrons. The van der Waals surface area contributed by atoms with E-state index < -0.39 is 23.2 Å². The molecule has 2 aliphatic heterocycles. The number of ether oxygens (including phenoxy) is 2. The first-order valence-electron chi connectivity index (χ1n) is 8.09. The first-order chi connectivity index (χ1) is 10.5. The smallest absolute Gasteiger partial charge is 0.410 e. The van der Waals surface area contributed by atoms with Gasteiger partial charge in [0.1, 0.15) is 5.60 Å². The number of carboxylic acids is 1. The average molecular weight is 328 g/mol. The third-order valence-corrected chi connectivity index (χ3v) is 4.29. The maximum atomic E-state index is 12.1. The van der Waals surface area contributed by atoms with Crippen LogP contribution in [-0.2, 0) is 14.3 Å². The van der Waals surface area contributed by atoms with Crippen molar-refractivity contribution in [3.05, 3.63) is 0 Å². The quantitative estimate of drug-likeness (QED) is 0.815. The van der Waals surface area contributed by atoms with Crippen LogP contribution in [0.25, 0.3) is 0 Å². The maximum Gasteiger partial charge on any atom is 0.410 e. The van der Waals surface area contributed by atoms with Gasteiger partial charge in [-0.05, 0) is 40.5 Å². The number of nitrogens with one attached hydrogen (secondary N) is 1. The third kappa shape index (κ3) is 4.81. The van der Waals surface area contributed by atoms with Crippen molar-refractivity contribution in [3.63, 3.8) is 0 Å². The van der Waals surface area contributed by atoms with Crippen molar-refractivity contribution in [1.82, 2.24) is 10.2 Å². The van der Waals surface area contributed by atoms with E-state index in [-0.39, 0.29) is 12.0 Å². The van der Waals surface area contributed by atoms with E-state index in [2.05, 4.69) is 12.2 Å². The molecule has 0 bridgehead atoms. The van der Waals surface area contributed by atoms with E-state index in [1.807, 2.05) is 20.8 Å². The van der Waals surface area contributed by atoms with Gasteiger partial charge in [0, 0.05) is 31.8 Å². The van der Waals surface area contributed by atoms with Crippen molar-refractivity contribution >= 4 is 12.1 Å². The Bertz CT molecular complexity index is 460. The van der Waals surface area contributed by atoms with Gasteiger partial charge in [0.15, 0.2) is 0 Å². The van der Waals surface area contributed by atoms with Crippen molar-refractivity contribution in [2.24, 2.45) is 0 Å². The number of carbonyl (C=O) groups is 2. The molecule has 7 heteroatoms. The topological polar surface area (TPSA) is 88.1 Å². The Balaban J connectivity index is 2.00. The van der Waals surface area contributed by atoms with E-state index in [1.54, 1.807) is 4.90 Å². The van der Waals surface area contributed by atoms with Gasteiger partial charge in [-0.3, -0.25) is 4.79 Å². The second-order valence-electron chi connectivity index (χ2n) is 7.99. The van der Waals surface area contributed by atoms with E-state index in [4.69, 9.17) is 9.47 Å². The van der Waals surface area contributed by atoms with Gasteiger partial charge in [-0.15, -0.1) is 0 Å². The summed E-state index contributed by atoms with van der Waals surface area (Å²) < 4.78 is 10.7. The molecule has 0 spiro atoms. The molecule has 0 saturated carbocycles. The lowest BCUT2D eigenvalue weighted by Gasteiger charge is -2.54. The Hall–Kier alpha value is -1.34. The van der Waals surface area contributed by atoms with Gasteiger partial charge < -0.3 is 24.8 Å². The highest BCUT2D eigenvalue weighted by atomic mass is 16.6. The summed E-state index contributed by atoms with van der Waals surface area (Å²) >= 11 is 0. The minimum atomic E-state index is -0.864. The molecule has 0 unspecified atom stereocenters. The van der Waals surface area contributed by atoms with Crippen LogP contribution in [0, 0.1) is 0 Å². The molecule has 7 nitrogen and oxygen atoms in total. The predicted molar refractivity (Wildman–Crippen MR) is 84.4 cm³/mol. The monoisotopic (exact) mass is 328 g/mol. The first kappa shape index (κ1) is 18.0. The summed E-state index contributed by atoms with van der Waals surface area (Å²) in [6.45, 7) is 9.58. The number of hydrogen-bond acceptors (Lipinski definition) is 5.